The number of halogens is 1. The summed E-state index contributed by atoms with van der Waals surface area (Å²) in [7, 11) is 3.21. The highest BCUT2D eigenvalue weighted by atomic mass is 19.1. The van der Waals surface area contributed by atoms with E-state index in [1.807, 2.05) is 6.07 Å². The lowest BCUT2D eigenvalue weighted by Gasteiger charge is -2.12. The first-order chi connectivity index (χ1) is 12.6. The molecule has 0 aliphatic rings. The van der Waals surface area contributed by atoms with Crippen molar-refractivity contribution in [2.24, 2.45) is 4.99 Å². The number of carbonyl (C=O) groups is 1. The van der Waals surface area contributed by atoms with Gasteiger partial charge in [0.05, 0.1) is 7.11 Å². The summed E-state index contributed by atoms with van der Waals surface area (Å²) in [6.45, 7) is 1.38. The normalized spacial score (nSPS) is 11.0. The quantitative estimate of drug-likeness (QED) is 0.402. The number of rotatable bonds is 7. The lowest BCUT2D eigenvalue weighted by molar-refractivity contribution is 0.0954. The van der Waals surface area contributed by atoms with Crippen molar-refractivity contribution in [2.45, 2.75) is 6.54 Å². The molecule has 0 aliphatic heterocycles. The largest absolute Gasteiger partial charge is 0.497 e. The van der Waals surface area contributed by atoms with Crippen LogP contribution in [0.2, 0.25) is 0 Å². The van der Waals surface area contributed by atoms with E-state index in [0.717, 1.165) is 5.56 Å². The third-order valence-corrected chi connectivity index (χ3v) is 3.61. The van der Waals surface area contributed by atoms with Crippen LogP contribution in [0.1, 0.15) is 15.9 Å². The van der Waals surface area contributed by atoms with Crippen molar-refractivity contribution in [2.75, 3.05) is 27.2 Å². The van der Waals surface area contributed by atoms with Gasteiger partial charge in [-0.15, -0.1) is 0 Å². The third kappa shape index (κ3) is 6.08. The number of nitrogens with zero attached hydrogens (tertiary/aromatic N) is 1. The second kappa shape index (κ2) is 10.0. The molecule has 7 heteroatoms. The lowest BCUT2D eigenvalue weighted by Crippen LogP contribution is -2.41. The van der Waals surface area contributed by atoms with Crippen LogP contribution >= 0.6 is 0 Å². The molecule has 0 fully saturated rings. The summed E-state index contributed by atoms with van der Waals surface area (Å²) in [6, 6.07) is 13.3. The molecule has 0 aliphatic carbocycles. The van der Waals surface area contributed by atoms with Crippen LogP contribution in [0.25, 0.3) is 0 Å². The Hall–Kier alpha value is -3.09. The Morgan fingerprint density at radius 3 is 2.58 bits per heavy atom. The molecule has 2 aromatic rings. The average molecular weight is 358 g/mol. The van der Waals surface area contributed by atoms with Crippen LogP contribution in [-0.4, -0.2) is 39.1 Å². The summed E-state index contributed by atoms with van der Waals surface area (Å²) in [4.78, 5) is 16.2. The first-order valence-corrected chi connectivity index (χ1v) is 8.23. The van der Waals surface area contributed by atoms with Crippen molar-refractivity contribution >= 4 is 11.9 Å². The molecule has 0 spiro atoms. The molecule has 0 saturated heterocycles. The van der Waals surface area contributed by atoms with Gasteiger partial charge in [0.2, 0.25) is 0 Å². The highest BCUT2D eigenvalue weighted by Gasteiger charge is 2.06. The zero-order chi connectivity index (χ0) is 18.8. The molecular formula is C19H23FN4O2. The molecule has 0 heterocycles. The molecule has 26 heavy (non-hydrogen) atoms. The molecule has 2 aromatic carbocycles. The molecular weight excluding hydrogens is 335 g/mol. The van der Waals surface area contributed by atoms with Gasteiger partial charge < -0.3 is 20.7 Å². The van der Waals surface area contributed by atoms with E-state index in [2.05, 4.69) is 20.9 Å². The van der Waals surface area contributed by atoms with E-state index >= 15 is 0 Å². The van der Waals surface area contributed by atoms with E-state index in [4.69, 9.17) is 4.74 Å². The van der Waals surface area contributed by atoms with Crippen LogP contribution in [0, 0.1) is 5.82 Å². The summed E-state index contributed by atoms with van der Waals surface area (Å²) in [6.07, 6.45) is 0. The third-order valence-electron chi connectivity index (χ3n) is 3.61. The number of guanidine groups is 1. The molecule has 0 aromatic heterocycles. The number of nitrogens with one attached hydrogen (secondary N) is 3. The summed E-state index contributed by atoms with van der Waals surface area (Å²) in [5, 5.41) is 9.00. The zero-order valence-corrected chi connectivity index (χ0v) is 14.9. The predicted molar refractivity (Wildman–Crippen MR) is 99.9 cm³/mol. The van der Waals surface area contributed by atoms with Gasteiger partial charge in [0.25, 0.3) is 5.91 Å². The molecule has 3 N–H and O–H groups in total. The molecule has 0 radical (unpaired) electrons. The molecule has 0 bridgehead atoms. The standard InChI is InChI=1S/C19H23FN4O2/c1-21-19(24-13-14-5-3-7-16(20)11-14)23-10-9-22-18(25)15-6-4-8-17(12-15)26-2/h3-8,11-12H,9-10,13H2,1-2H3,(H,22,25)(H2,21,23,24). The maximum atomic E-state index is 13.2. The average Bonchev–Trinajstić information content (AvgIpc) is 2.67. The van der Waals surface area contributed by atoms with E-state index in [0.29, 0.717) is 36.9 Å². The van der Waals surface area contributed by atoms with Crippen LogP contribution in [0.3, 0.4) is 0 Å². The van der Waals surface area contributed by atoms with Gasteiger partial charge >= 0.3 is 0 Å². The number of hydrogen-bond donors (Lipinski definition) is 3. The fourth-order valence-corrected chi connectivity index (χ4v) is 2.28. The number of amides is 1. The Kier molecular flexibility index (Phi) is 7.42. The Morgan fingerprint density at radius 2 is 1.85 bits per heavy atom. The number of ether oxygens (including phenoxy) is 1. The predicted octanol–water partition coefficient (Wildman–Crippen LogP) is 1.93. The first-order valence-electron chi connectivity index (χ1n) is 8.23. The molecule has 2 rings (SSSR count). The topological polar surface area (TPSA) is 74.8 Å². The van der Waals surface area contributed by atoms with E-state index in [1.165, 1.54) is 12.1 Å². The molecule has 138 valence electrons. The van der Waals surface area contributed by atoms with Crippen LogP contribution in [-0.2, 0) is 6.54 Å². The van der Waals surface area contributed by atoms with Gasteiger partial charge in [-0.05, 0) is 35.9 Å². The number of benzene rings is 2. The molecule has 6 nitrogen and oxygen atoms in total. The second-order valence-electron chi connectivity index (χ2n) is 5.47. The Balaban J connectivity index is 1.72. The van der Waals surface area contributed by atoms with Crippen molar-refractivity contribution < 1.29 is 13.9 Å². The van der Waals surface area contributed by atoms with Crippen LogP contribution in [0.4, 0.5) is 4.39 Å². The maximum absolute atomic E-state index is 13.2. The minimum Gasteiger partial charge on any atom is -0.497 e. The number of methoxy groups -OCH3 is 1. The fraction of sp³-hybridized carbons (Fsp3) is 0.263. The van der Waals surface area contributed by atoms with Gasteiger partial charge in [-0.3, -0.25) is 9.79 Å². The first kappa shape index (κ1) is 19.2. The number of aliphatic imine (C=N–C) groups is 1. The Morgan fingerprint density at radius 1 is 1.08 bits per heavy atom. The van der Waals surface area contributed by atoms with Crippen molar-refractivity contribution in [1.82, 2.24) is 16.0 Å². The number of hydrogen-bond acceptors (Lipinski definition) is 3. The van der Waals surface area contributed by atoms with E-state index in [1.54, 1.807) is 44.5 Å². The fourth-order valence-electron chi connectivity index (χ4n) is 2.28. The van der Waals surface area contributed by atoms with Gasteiger partial charge in [0.15, 0.2) is 5.96 Å². The van der Waals surface area contributed by atoms with E-state index in [-0.39, 0.29) is 11.7 Å². The molecule has 0 atom stereocenters. The van der Waals surface area contributed by atoms with E-state index in [9.17, 15) is 9.18 Å². The SMILES string of the molecule is CN=C(NCCNC(=O)c1cccc(OC)c1)NCc1cccc(F)c1. The van der Waals surface area contributed by atoms with Crippen LogP contribution in [0.5, 0.6) is 5.75 Å². The van der Waals surface area contributed by atoms with Gasteiger partial charge in [-0.2, -0.15) is 0 Å². The number of carbonyl (C=O) groups excluding carboxylic acids is 1. The van der Waals surface area contributed by atoms with Gasteiger partial charge in [0, 0.05) is 32.2 Å². The summed E-state index contributed by atoms with van der Waals surface area (Å²) >= 11 is 0. The van der Waals surface area contributed by atoms with Crippen molar-refractivity contribution in [1.29, 1.82) is 0 Å². The minimum atomic E-state index is -0.271. The van der Waals surface area contributed by atoms with Crippen molar-refractivity contribution in [3.8, 4) is 5.75 Å². The van der Waals surface area contributed by atoms with Gasteiger partial charge in [0.1, 0.15) is 11.6 Å². The Bertz CT molecular complexity index is 765. The summed E-state index contributed by atoms with van der Waals surface area (Å²) in [5.41, 5.74) is 1.36. The monoisotopic (exact) mass is 358 g/mol. The summed E-state index contributed by atoms with van der Waals surface area (Å²) in [5.74, 6) is 0.767. The van der Waals surface area contributed by atoms with Crippen molar-refractivity contribution in [3.63, 3.8) is 0 Å². The smallest absolute Gasteiger partial charge is 0.251 e. The second-order valence-corrected chi connectivity index (χ2v) is 5.47. The van der Waals surface area contributed by atoms with Crippen molar-refractivity contribution in [3.05, 3.63) is 65.5 Å². The Labute approximate surface area is 152 Å². The minimum absolute atomic E-state index is 0.173. The molecule has 0 unspecified atom stereocenters. The summed E-state index contributed by atoms with van der Waals surface area (Å²) < 4.78 is 18.3. The van der Waals surface area contributed by atoms with Gasteiger partial charge in [-0.1, -0.05) is 18.2 Å². The van der Waals surface area contributed by atoms with Crippen LogP contribution < -0.4 is 20.7 Å². The highest BCUT2D eigenvalue weighted by molar-refractivity contribution is 5.94. The van der Waals surface area contributed by atoms with E-state index < -0.39 is 0 Å². The molecule has 0 saturated carbocycles. The maximum Gasteiger partial charge on any atom is 0.251 e. The highest BCUT2D eigenvalue weighted by Crippen LogP contribution is 2.12. The lowest BCUT2D eigenvalue weighted by atomic mass is 10.2. The van der Waals surface area contributed by atoms with Gasteiger partial charge in [-0.25, -0.2) is 4.39 Å². The van der Waals surface area contributed by atoms with Crippen LogP contribution in [0.15, 0.2) is 53.5 Å². The molecule has 1 amide bonds. The zero-order valence-electron chi connectivity index (χ0n) is 14.9.